The van der Waals surface area contributed by atoms with Crippen LogP contribution in [0.25, 0.3) is 0 Å². The quantitative estimate of drug-likeness (QED) is 0.660. The van der Waals surface area contributed by atoms with Gasteiger partial charge in [0.05, 0.1) is 6.61 Å². The van der Waals surface area contributed by atoms with E-state index in [0.717, 1.165) is 19.7 Å². The Balaban J connectivity index is 1.90. The third kappa shape index (κ3) is 7.02. The Labute approximate surface area is 107 Å². The van der Waals surface area contributed by atoms with Gasteiger partial charge in [0.15, 0.2) is 0 Å². The lowest BCUT2D eigenvalue weighted by Crippen LogP contribution is -2.37. The zero-order valence-corrected chi connectivity index (χ0v) is 11.9. The van der Waals surface area contributed by atoms with E-state index < -0.39 is 0 Å². The van der Waals surface area contributed by atoms with Crippen LogP contribution in [-0.2, 0) is 4.74 Å². The molecule has 3 nitrogen and oxygen atoms in total. The Morgan fingerprint density at radius 2 is 1.82 bits per heavy atom. The number of likely N-dealkylation sites (tertiary alicyclic amines) is 1. The van der Waals surface area contributed by atoms with Crippen LogP contribution in [0.3, 0.4) is 0 Å². The van der Waals surface area contributed by atoms with E-state index in [4.69, 9.17) is 4.74 Å². The van der Waals surface area contributed by atoms with E-state index in [9.17, 15) is 0 Å². The molecule has 0 bridgehead atoms. The van der Waals surface area contributed by atoms with Crippen LogP contribution in [-0.4, -0.2) is 51.3 Å². The highest BCUT2D eigenvalue weighted by molar-refractivity contribution is 4.78. The van der Waals surface area contributed by atoms with Crippen molar-refractivity contribution in [3.63, 3.8) is 0 Å². The Hall–Kier alpha value is -0.120. The third-order valence-electron chi connectivity index (χ3n) is 3.77. The van der Waals surface area contributed by atoms with E-state index >= 15 is 0 Å². The number of unbranched alkanes of at least 4 members (excludes halogenated alkanes) is 1. The lowest BCUT2D eigenvalue weighted by atomic mass is 9.82. The minimum Gasteiger partial charge on any atom is -0.383 e. The molecule has 0 aromatic carbocycles. The Morgan fingerprint density at radius 1 is 1.12 bits per heavy atom. The third-order valence-corrected chi connectivity index (χ3v) is 3.77. The molecule has 102 valence electrons. The van der Waals surface area contributed by atoms with E-state index in [-0.39, 0.29) is 0 Å². The predicted octanol–water partition coefficient (Wildman–Crippen LogP) is 2.12. The van der Waals surface area contributed by atoms with Crippen LogP contribution < -0.4 is 5.32 Å². The normalized spacial score (nSPS) is 20.6. The fourth-order valence-electron chi connectivity index (χ4n) is 2.27. The summed E-state index contributed by atoms with van der Waals surface area (Å²) in [6, 6.07) is 0. The minimum atomic E-state index is 0.582. The van der Waals surface area contributed by atoms with Crippen molar-refractivity contribution in [2.75, 3.05) is 46.4 Å². The molecular formula is C14H30N2O. The van der Waals surface area contributed by atoms with Crippen molar-refractivity contribution in [1.29, 1.82) is 0 Å². The van der Waals surface area contributed by atoms with Gasteiger partial charge in [-0.15, -0.1) is 0 Å². The largest absolute Gasteiger partial charge is 0.383 e. The number of nitrogens with zero attached hydrogens (tertiary/aromatic N) is 1. The number of ether oxygens (including phenoxy) is 1. The van der Waals surface area contributed by atoms with Crippen molar-refractivity contribution in [2.24, 2.45) is 5.41 Å². The van der Waals surface area contributed by atoms with E-state index in [2.05, 4.69) is 24.1 Å². The Bertz CT molecular complexity index is 185. The van der Waals surface area contributed by atoms with Gasteiger partial charge in [-0.25, -0.2) is 0 Å². The molecule has 1 saturated heterocycles. The molecule has 1 aliphatic heterocycles. The number of piperidine rings is 1. The SMILES string of the molecule is COCCNCCCCN1CCC(C)(C)CC1. The van der Waals surface area contributed by atoms with Gasteiger partial charge in [0.1, 0.15) is 0 Å². The van der Waals surface area contributed by atoms with Crippen molar-refractivity contribution < 1.29 is 4.74 Å². The molecule has 3 heteroatoms. The molecule has 0 unspecified atom stereocenters. The van der Waals surface area contributed by atoms with Gasteiger partial charge in [0, 0.05) is 13.7 Å². The summed E-state index contributed by atoms with van der Waals surface area (Å²) in [6.07, 6.45) is 5.32. The predicted molar refractivity (Wildman–Crippen MR) is 73.4 cm³/mol. The van der Waals surface area contributed by atoms with E-state index in [1.165, 1.54) is 45.3 Å². The zero-order valence-electron chi connectivity index (χ0n) is 11.9. The van der Waals surface area contributed by atoms with Crippen LogP contribution in [0.1, 0.15) is 39.5 Å². The Morgan fingerprint density at radius 3 is 2.47 bits per heavy atom. The van der Waals surface area contributed by atoms with E-state index in [0.29, 0.717) is 5.41 Å². The summed E-state index contributed by atoms with van der Waals surface area (Å²) in [6.45, 7) is 11.6. The van der Waals surface area contributed by atoms with E-state index in [1.807, 2.05) is 0 Å². The topological polar surface area (TPSA) is 24.5 Å². The molecule has 1 aliphatic rings. The Kier molecular flexibility index (Phi) is 7.09. The first kappa shape index (κ1) is 14.9. The summed E-state index contributed by atoms with van der Waals surface area (Å²) in [5.41, 5.74) is 0.582. The standard InChI is InChI=1S/C14H30N2O/c1-14(2)6-11-16(12-7-14)10-5-4-8-15-9-13-17-3/h15H,4-13H2,1-3H3. The van der Waals surface area contributed by atoms with Gasteiger partial charge in [-0.05, 0) is 57.3 Å². The van der Waals surface area contributed by atoms with Gasteiger partial charge >= 0.3 is 0 Å². The average molecular weight is 242 g/mol. The molecule has 0 aromatic rings. The number of rotatable bonds is 8. The molecule has 0 saturated carbocycles. The van der Waals surface area contributed by atoms with Crippen molar-refractivity contribution in [3.05, 3.63) is 0 Å². The molecular weight excluding hydrogens is 212 g/mol. The maximum Gasteiger partial charge on any atom is 0.0587 e. The van der Waals surface area contributed by atoms with Gasteiger partial charge in [-0.2, -0.15) is 0 Å². The summed E-state index contributed by atoms with van der Waals surface area (Å²) in [5, 5.41) is 3.39. The van der Waals surface area contributed by atoms with Crippen molar-refractivity contribution in [2.45, 2.75) is 39.5 Å². The van der Waals surface area contributed by atoms with E-state index in [1.54, 1.807) is 7.11 Å². The van der Waals surface area contributed by atoms with Crippen LogP contribution >= 0.6 is 0 Å². The second kappa shape index (κ2) is 8.06. The molecule has 0 spiro atoms. The molecule has 0 radical (unpaired) electrons. The molecule has 0 aromatic heterocycles. The molecule has 1 N–H and O–H groups in total. The fourth-order valence-corrected chi connectivity index (χ4v) is 2.27. The molecule has 0 amide bonds. The number of methoxy groups -OCH3 is 1. The molecule has 1 rings (SSSR count). The van der Waals surface area contributed by atoms with Gasteiger partial charge < -0.3 is 15.0 Å². The number of nitrogens with one attached hydrogen (secondary N) is 1. The highest BCUT2D eigenvalue weighted by Gasteiger charge is 2.24. The number of hydrogen-bond donors (Lipinski definition) is 1. The van der Waals surface area contributed by atoms with Crippen LogP contribution in [0.4, 0.5) is 0 Å². The van der Waals surface area contributed by atoms with Crippen LogP contribution in [0.15, 0.2) is 0 Å². The first-order valence-electron chi connectivity index (χ1n) is 7.06. The summed E-state index contributed by atoms with van der Waals surface area (Å²) >= 11 is 0. The highest BCUT2D eigenvalue weighted by Crippen LogP contribution is 2.29. The maximum absolute atomic E-state index is 4.99. The lowest BCUT2D eigenvalue weighted by Gasteiger charge is -2.36. The first-order chi connectivity index (χ1) is 8.14. The van der Waals surface area contributed by atoms with Gasteiger partial charge in [0.25, 0.3) is 0 Å². The highest BCUT2D eigenvalue weighted by atomic mass is 16.5. The van der Waals surface area contributed by atoms with Gasteiger partial charge in [-0.1, -0.05) is 13.8 Å². The van der Waals surface area contributed by atoms with Crippen LogP contribution in [0.2, 0.25) is 0 Å². The molecule has 1 fully saturated rings. The average Bonchev–Trinajstić information content (AvgIpc) is 2.30. The first-order valence-corrected chi connectivity index (χ1v) is 7.06. The van der Waals surface area contributed by atoms with Crippen molar-refractivity contribution >= 4 is 0 Å². The number of hydrogen-bond acceptors (Lipinski definition) is 3. The smallest absolute Gasteiger partial charge is 0.0587 e. The van der Waals surface area contributed by atoms with Crippen molar-refractivity contribution in [1.82, 2.24) is 10.2 Å². The minimum absolute atomic E-state index is 0.582. The summed E-state index contributed by atoms with van der Waals surface area (Å²) < 4.78 is 4.99. The molecule has 17 heavy (non-hydrogen) atoms. The second-order valence-electron chi connectivity index (χ2n) is 5.96. The summed E-state index contributed by atoms with van der Waals surface area (Å²) in [4.78, 5) is 2.63. The fraction of sp³-hybridized carbons (Fsp3) is 1.00. The molecule has 0 atom stereocenters. The lowest BCUT2D eigenvalue weighted by molar-refractivity contribution is 0.131. The summed E-state index contributed by atoms with van der Waals surface area (Å²) in [7, 11) is 1.75. The monoisotopic (exact) mass is 242 g/mol. The van der Waals surface area contributed by atoms with Gasteiger partial charge in [-0.3, -0.25) is 0 Å². The molecule has 0 aliphatic carbocycles. The maximum atomic E-state index is 4.99. The van der Waals surface area contributed by atoms with Crippen LogP contribution in [0, 0.1) is 5.41 Å². The summed E-state index contributed by atoms with van der Waals surface area (Å²) in [5.74, 6) is 0. The van der Waals surface area contributed by atoms with Gasteiger partial charge in [0.2, 0.25) is 0 Å². The van der Waals surface area contributed by atoms with Crippen molar-refractivity contribution in [3.8, 4) is 0 Å². The molecule has 1 heterocycles. The second-order valence-corrected chi connectivity index (χ2v) is 5.96. The zero-order chi connectivity index (χ0) is 12.6. The van der Waals surface area contributed by atoms with Crippen LogP contribution in [0.5, 0.6) is 0 Å².